The van der Waals surface area contributed by atoms with Gasteiger partial charge in [0.25, 0.3) is 5.91 Å². The average molecular weight is 201 g/mol. The standard InChI is InChI=1S/C8H9ClN2O2/c9-11-10-8(12)6-13-7-4-2-1-3-5-7/h1-5,11H,6H2,(H,10,12). The lowest BCUT2D eigenvalue weighted by molar-refractivity contribution is -0.123. The average Bonchev–Trinajstić information content (AvgIpc) is 2.17. The Labute approximate surface area is 80.9 Å². The molecule has 13 heavy (non-hydrogen) atoms. The zero-order chi connectivity index (χ0) is 9.52. The molecule has 4 nitrogen and oxygen atoms in total. The Balaban J connectivity index is 2.31. The summed E-state index contributed by atoms with van der Waals surface area (Å²) in [5.74, 6) is 0.311. The highest BCUT2D eigenvalue weighted by atomic mass is 35.5. The minimum absolute atomic E-state index is 0.0657. The predicted octanol–water partition coefficient (Wildman–Crippen LogP) is 0.840. The van der Waals surface area contributed by atoms with Crippen LogP contribution in [0.3, 0.4) is 0 Å². The maximum Gasteiger partial charge on any atom is 0.273 e. The van der Waals surface area contributed by atoms with Gasteiger partial charge in [-0.05, 0) is 23.9 Å². The van der Waals surface area contributed by atoms with Gasteiger partial charge in [-0.25, -0.2) is 0 Å². The first-order valence-electron chi connectivity index (χ1n) is 3.65. The Morgan fingerprint density at radius 1 is 1.38 bits per heavy atom. The molecule has 1 aromatic rings. The number of carbonyl (C=O) groups is 1. The molecule has 0 spiro atoms. The van der Waals surface area contributed by atoms with Crippen LogP contribution in [0.2, 0.25) is 0 Å². The molecule has 0 saturated heterocycles. The van der Waals surface area contributed by atoms with Gasteiger partial charge in [-0.15, -0.1) is 4.94 Å². The molecule has 0 atom stereocenters. The lowest BCUT2D eigenvalue weighted by Gasteiger charge is -2.04. The summed E-state index contributed by atoms with van der Waals surface area (Å²) in [5, 5.41) is 0. The van der Waals surface area contributed by atoms with Crippen molar-refractivity contribution in [2.24, 2.45) is 0 Å². The number of benzene rings is 1. The SMILES string of the molecule is O=C(COc1ccccc1)NNCl. The van der Waals surface area contributed by atoms with E-state index in [4.69, 9.17) is 16.5 Å². The largest absolute Gasteiger partial charge is 0.484 e. The second-order valence-corrected chi connectivity index (χ2v) is 2.43. The number of hydrogen-bond donors (Lipinski definition) is 2. The van der Waals surface area contributed by atoms with Crippen molar-refractivity contribution in [1.82, 2.24) is 10.4 Å². The van der Waals surface area contributed by atoms with Gasteiger partial charge in [-0.3, -0.25) is 10.2 Å². The Bertz CT molecular complexity index is 266. The van der Waals surface area contributed by atoms with Crippen molar-refractivity contribution in [1.29, 1.82) is 0 Å². The van der Waals surface area contributed by atoms with Gasteiger partial charge in [0.15, 0.2) is 6.61 Å². The van der Waals surface area contributed by atoms with E-state index in [9.17, 15) is 4.79 Å². The topological polar surface area (TPSA) is 50.4 Å². The smallest absolute Gasteiger partial charge is 0.273 e. The van der Waals surface area contributed by atoms with Gasteiger partial charge in [0.1, 0.15) is 5.75 Å². The molecule has 2 N–H and O–H groups in total. The van der Waals surface area contributed by atoms with Gasteiger partial charge in [-0.1, -0.05) is 18.2 Å². The van der Waals surface area contributed by atoms with Crippen molar-refractivity contribution < 1.29 is 9.53 Å². The van der Waals surface area contributed by atoms with Crippen LogP contribution in [0.1, 0.15) is 0 Å². The van der Waals surface area contributed by atoms with Crippen LogP contribution < -0.4 is 15.1 Å². The Morgan fingerprint density at radius 2 is 2.08 bits per heavy atom. The van der Waals surface area contributed by atoms with Crippen molar-refractivity contribution in [3.8, 4) is 5.75 Å². The fourth-order valence-electron chi connectivity index (χ4n) is 0.754. The van der Waals surface area contributed by atoms with E-state index in [-0.39, 0.29) is 12.5 Å². The summed E-state index contributed by atoms with van der Waals surface area (Å²) in [6, 6.07) is 9.05. The highest BCUT2D eigenvalue weighted by Gasteiger charge is 1.99. The Hall–Kier alpha value is -1.26. The van der Waals surface area contributed by atoms with Crippen LogP contribution in [0.25, 0.3) is 0 Å². The van der Waals surface area contributed by atoms with E-state index in [1.807, 2.05) is 23.1 Å². The van der Waals surface area contributed by atoms with Crippen molar-refractivity contribution in [3.05, 3.63) is 30.3 Å². The molecule has 1 aromatic carbocycles. The van der Waals surface area contributed by atoms with Crippen LogP contribution in [0.5, 0.6) is 5.75 Å². The third kappa shape index (κ3) is 3.78. The third-order valence-electron chi connectivity index (χ3n) is 1.30. The maximum absolute atomic E-state index is 10.8. The normalized spacial score (nSPS) is 9.31. The first-order chi connectivity index (χ1) is 6.33. The molecule has 0 aliphatic rings. The van der Waals surface area contributed by atoms with E-state index in [0.717, 1.165) is 0 Å². The number of hydrogen-bond acceptors (Lipinski definition) is 3. The summed E-state index contributed by atoms with van der Waals surface area (Å²) in [6.45, 7) is -0.0657. The van der Waals surface area contributed by atoms with Crippen LogP contribution in [0, 0.1) is 0 Å². The quantitative estimate of drug-likeness (QED) is 0.560. The number of para-hydroxylation sites is 1. The summed E-state index contributed by atoms with van der Waals surface area (Å²) in [6.07, 6.45) is 0. The van der Waals surface area contributed by atoms with Gasteiger partial charge in [0, 0.05) is 0 Å². The Kier molecular flexibility index (Phi) is 4.08. The van der Waals surface area contributed by atoms with Crippen LogP contribution in [-0.2, 0) is 4.79 Å². The van der Waals surface area contributed by atoms with Crippen LogP contribution in [0.15, 0.2) is 30.3 Å². The van der Waals surface area contributed by atoms with Crippen molar-refractivity contribution in [2.45, 2.75) is 0 Å². The van der Waals surface area contributed by atoms with Gasteiger partial charge in [-0.2, -0.15) is 0 Å². The van der Waals surface area contributed by atoms with Gasteiger partial charge in [0.2, 0.25) is 0 Å². The summed E-state index contributed by atoms with van der Waals surface area (Å²) in [7, 11) is 0. The van der Waals surface area contributed by atoms with E-state index in [0.29, 0.717) is 5.75 Å². The van der Waals surface area contributed by atoms with Gasteiger partial charge < -0.3 is 4.74 Å². The van der Waals surface area contributed by atoms with Gasteiger partial charge in [0.05, 0.1) is 0 Å². The molecule has 1 rings (SSSR count). The molecule has 0 bridgehead atoms. The minimum Gasteiger partial charge on any atom is -0.484 e. The molecule has 0 aliphatic heterocycles. The second kappa shape index (κ2) is 5.40. The van der Waals surface area contributed by atoms with Crippen molar-refractivity contribution >= 4 is 17.7 Å². The van der Waals surface area contributed by atoms with Gasteiger partial charge >= 0.3 is 0 Å². The molecule has 0 unspecified atom stereocenters. The molecule has 70 valence electrons. The number of carbonyl (C=O) groups excluding carboxylic acids is 1. The molecule has 0 aromatic heterocycles. The predicted molar refractivity (Wildman–Crippen MR) is 49.1 cm³/mol. The highest BCUT2D eigenvalue weighted by Crippen LogP contribution is 2.07. The summed E-state index contributed by atoms with van der Waals surface area (Å²) < 4.78 is 5.11. The van der Waals surface area contributed by atoms with E-state index < -0.39 is 0 Å². The van der Waals surface area contributed by atoms with E-state index in [2.05, 4.69) is 5.43 Å². The molecule has 5 heteroatoms. The lowest BCUT2D eigenvalue weighted by Crippen LogP contribution is -2.34. The molecule has 0 heterocycles. The first kappa shape index (κ1) is 9.83. The zero-order valence-electron chi connectivity index (χ0n) is 6.79. The second-order valence-electron chi connectivity index (χ2n) is 2.24. The fraction of sp³-hybridized carbons (Fsp3) is 0.125. The van der Waals surface area contributed by atoms with Crippen LogP contribution >= 0.6 is 11.8 Å². The molecular weight excluding hydrogens is 192 g/mol. The fourth-order valence-corrected chi connectivity index (χ4v) is 0.860. The molecule has 0 aliphatic carbocycles. The molecule has 0 radical (unpaired) electrons. The lowest BCUT2D eigenvalue weighted by atomic mass is 10.3. The molecular formula is C8H9ClN2O2. The maximum atomic E-state index is 10.8. The third-order valence-corrected chi connectivity index (χ3v) is 1.39. The summed E-state index contributed by atoms with van der Waals surface area (Å²) in [4.78, 5) is 12.8. The number of ether oxygens (including phenoxy) is 1. The molecule has 0 saturated carbocycles. The van der Waals surface area contributed by atoms with Crippen LogP contribution in [0.4, 0.5) is 0 Å². The number of halogens is 1. The molecule has 1 amide bonds. The van der Waals surface area contributed by atoms with Crippen molar-refractivity contribution in [3.63, 3.8) is 0 Å². The van der Waals surface area contributed by atoms with Crippen LogP contribution in [-0.4, -0.2) is 12.5 Å². The highest BCUT2D eigenvalue weighted by molar-refractivity contribution is 6.13. The number of rotatable bonds is 4. The number of nitrogens with one attached hydrogen (secondary N) is 2. The zero-order valence-corrected chi connectivity index (χ0v) is 7.54. The summed E-state index contributed by atoms with van der Waals surface area (Å²) >= 11 is 5.04. The van der Waals surface area contributed by atoms with Crippen molar-refractivity contribution in [2.75, 3.05) is 6.61 Å². The number of amides is 1. The van der Waals surface area contributed by atoms with E-state index >= 15 is 0 Å². The molecule has 0 fully saturated rings. The monoisotopic (exact) mass is 200 g/mol. The first-order valence-corrected chi connectivity index (χ1v) is 4.03. The van der Waals surface area contributed by atoms with E-state index in [1.165, 1.54) is 0 Å². The Morgan fingerprint density at radius 3 is 2.69 bits per heavy atom. The number of hydrazine groups is 1. The van der Waals surface area contributed by atoms with E-state index in [1.54, 1.807) is 12.1 Å². The minimum atomic E-state index is -0.334. The summed E-state index contributed by atoms with van der Waals surface area (Å²) in [5.41, 5.74) is 2.17.